The van der Waals surface area contributed by atoms with Crippen LogP contribution in [0.25, 0.3) is 0 Å². The van der Waals surface area contributed by atoms with E-state index in [0.29, 0.717) is 12.8 Å². The van der Waals surface area contributed by atoms with Crippen LogP contribution in [0.15, 0.2) is 18.2 Å². The number of hydrogen-bond donors (Lipinski definition) is 0. The smallest absolute Gasteiger partial charge is 0.328 e. The van der Waals surface area contributed by atoms with Crippen molar-refractivity contribution < 1.29 is 14.3 Å². The maximum Gasteiger partial charge on any atom is 0.328 e. The van der Waals surface area contributed by atoms with Crippen LogP contribution in [-0.4, -0.2) is 29.9 Å². The Morgan fingerprint density at radius 2 is 2.10 bits per heavy atom. The van der Waals surface area contributed by atoms with Crippen LogP contribution in [0.4, 0.5) is 0 Å². The first-order chi connectivity index (χ1) is 10.1. The Hall–Kier alpha value is -1.84. The molecule has 1 aliphatic carbocycles. The Bertz CT molecular complexity index is 581. The quantitative estimate of drug-likeness (QED) is 0.785. The molecule has 0 radical (unpaired) electrons. The highest BCUT2D eigenvalue weighted by atomic mass is 16.5. The Kier molecular flexibility index (Phi) is 3.70. The molecular weight excluding hydrogens is 266 g/mol. The summed E-state index contributed by atoms with van der Waals surface area (Å²) in [7, 11) is 1.39. The van der Waals surface area contributed by atoms with Gasteiger partial charge in [-0.1, -0.05) is 23.8 Å². The Balaban J connectivity index is 1.98. The summed E-state index contributed by atoms with van der Waals surface area (Å²) in [6.45, 7) is 2.07. The van der Waals surface area contributed by atoms with Crippen molar-refractivity contribution in [2.75, 3.05) is 7.11 Å². The molecular formula is C17H21NO3. The van der Waals surface area contributed by atoms with Crippen molar-refractivity contribution in [2.24, 2.45) is 0 Å². The van der Waals surface area contributed by atoms with Crippen LogP contribution >= 0.6 is 0 Å². The highest BCUT2D eigenvalue weighted by molar-refractivity contribution is 5.88. The van der Waals surface area contributed by atoms with Gasteiger partial charge in [0.25, 0.3) is 0 Å². The summed E-state index contributed by atoms with van der Waals surface area (Å²) >= 11 is 0. The number of carbonyl (C=O) groups is 2. The lowest BCUT2D eigenvalue weighted by Crippen LogP contribution is -2.42. The van der Waals surface area contributed by atoms with Crippen LogP contribution in [0.1, 0.15) is 48.4 Å². The van der Waals surface area contributed by atoms with Crippen LogP contribution in [0.3, 0.4) is 0 Å². The second-order valence-electron chi connectivity index (χ2n) is 5.99. The average molecular weight is 287 g/mol. The molecule has 2 aliphatic rings. The molecule has 0 aromatic heterocycles. The number of hydrogen-bond acceptors (Lipinski definition) is 3. The number of nitrogens with zero attached hydrogens (tertiary/aromatic N) is 1. The second kappa shape index (κ2) is 5.51. The zero-order chi connectivity index (χ0) is 15.0. The largest absolute Gasteiger partial charge is 0.467 e. The summed E-state index contributed by atoms with van der Waals surface area (Å²) in [4.78, 5) is 26.1. The number of ether oxygens (including phenoxy) is 1. The number of rotatable bonds is 2. The SMILES string of the molecule is COC(=O)C1CCC(=O)N1C1CCCc2ccc(C)cc21. The topological polar surface area (TPSA) is 46.6 Å². The number of amides is 1. The number of esters is 1. The lowest BCUT2D eigenvalue weighted by atomic mass is 9.85. The van der Waals surface area contributed by atoms with Crippen LogP contribution in [0, 0.1) is 6.92 Å². The van der Waals surface area contributed by atoms with Crippen molar-refractivity contribution in [2.45, 2.75) is 51.1 Å². The van der Waals surface area contributed by atoms with Gasteiger partial charge in [-0.15, -0.1) is 0 Å². The molecule has 112 valence electrons. The molecule has 21 heavy (non-hydrogen) atoms. The molecule has 0 bridgehead atoms. The summed E-state index contributed by atoms with van der Waals surface area (Å²) in [6.07, 6.45) is 4.05. The first-order valence-electron chi connectivity index (χ1n) is 7.60. The molecule has 1 aromatic carbocycles. The first-order valence-corrected chi connectivity index (χ1v) is 7.60. The molecule has 0 N–H and O–H groups in total. The van der Waals surface area contributed by atoms with Gasteiger partial charge in [0.15, 0.2) is 0 Å². The van der Waals surface area contributed by atoms with Crippen molar-refractivity contribution in [1.82, 2.24) is 4.90 Å². The first kappa shape index (κ1) is 14.1. The summed E-state index contributed by atoms with van der Waals surface area (Å²) in [5.41, 5.74) is 3.72. The van der Waals surface area contributed by atoms with Crippen LogP contribution in [0.2, 0.25) is 0 Å². The fourth-order valence-electron chi connectivity index (χ4n) is 3.64. The van der Waals surface area contributed by atoms with Crippen LogP contribution in [0.5, 0.6) is 0 Å². The van der Waals surface area contributed by atoms with Gasteiger partial charge < -0.3 is 9.64 Å². The van der Waals surface area contributed by atoms with E-state index in [-0.39, 0.29) is 17.9 Å². The van der Waals surface area contributed by atoms with Gasteiger partial charge in [-0.2, -0.15) is 0 Å². The van der Waals surface area contributed by atoms with E-state index in [9.17, 15) is 9.59 Å². The van der Waals surface area contributed by atoms with Gasteiger partial charge in [-0.25, -0.2) is 4.79 Å². The lowest BCUT2D eigenvalue weighted by molar-refractivity contribution is -0.151. The maximum absolute atomic E-state index is 12.3. The third-order valence-electron chi connectivity index (χ3n) is 4.65. The summed E-state index contributed by atoms with van der Waals surface area (Å²) < 4.78 is 4.88. The van der Waals surface area contributed by atoms with Crippen LogP contribution < -0.4 is 0 Å². The molecule has 4 nitrogen and oxygen atoms in total. The zero-order valence-corrected chi connectivity index (χ0v) is 12.6. The molecule has 1 heterocycles. The van der Waals surface area contributed by atoms with Gasteiger partial charge in [0, 0.05) is 6.42 Å². The third kappa shape index (κ3) is 2.43. The normalized spacial score (nSPS) is 24.9. The fraction of sp³-hybridized carbons (Fsp3) is 0.529. The highest BCUT2D eigenvalue weighted by Crippen LogP contribution is 2.39. The van der Waals surface area contributed by atoms with Crippen LogP contribution in [-0.2, 0) is 20.7 Å². The third-order valence-corrected chi connectivity index (χ3v) is 4.65. The Morgan fingerprint density at radius 1 is 1.29 bits per heavy atom. The molecule has 4 heteroatoms. The van der Waals surface area contributed by atoms with Gasteiger partial charge in [-0.3, -0.25) is 4.79 Å². The Morgan fingerprint density at radius 3 is 2.86 bits per heavy atom. The number of benzene rings is 1. The standard InChI is InChI=1S/C17H21NO3/c1-11-6-7-12-4-3-5-14(13(12)10-11)18-15(17(20)21-2)8-9-16(18)19/h6-7,10,14-15H,3-5,8-9H2,1-2H3. The van der Waals surface area contributed by atoms with E-state index in [1.807, 2.05) is 0 Å². The number of methoxy groups -OCH3 is 1. The van der Waals surface area contributed by atoms with Gasteiger partial charge in [0.1, 0.15) is 6.04 Å². The molecule has 1 aliphatic heterocycles. The monoisotopic (exact) mass is 287 g/mol. The molecule has 1 amide bonds. The van der Waals surface area contributed by atoms with Crippen molar-refractivity contribution in [3.05, 3.63) is 34.9 Å². The van der Waals surface area contributed by atoms with E-state index < -0.39 is 6.04 Å². The van der Waals surface area contributed by atoms with Gasteiger partial charge in [0.05, 0.1) is 13.2 Å². The molecule has 1 saturated heterocycles. The fourth-order valence-corrected chi connectivity index (χ4v) is 3.64. The Labute approximate surface area is 125 Å². The van der Waals surface area contributed by atoms with Gasteiger partial charge in [0.2, 0.25) is 5.91 Å². The number of fused-ring (bicyclic) bond motifs is 1. The summed E-state index contributed by atoms with van der Waals surface area (Å²) in [6, 6.07) is 6.04. The van der Waals surface area contributed by atoms with Crippen molar-refractivity contribution in [3.8, 4) is 0 Å². The highest BCUT2D eigenvalue weighted by Gasteiger charge is 2.42. The van der Waals surface area contributed by atoms with E-state index in [1.54, 1.807) is 4.90 Å². The molecule has 1 aromatic rings. The van der Waals surface area contributed by atoms with Crippen molar-refractivity contribution in [3.63, 3.8) is 0 Å². The van der Waals surface area contributed by atoms with Gasteiger partial charge in [-0.05, 0) is 43.7 Å². The predicted octanol–water partition coefficient (Wildman–Crippen LogP) is 2.54. The molecule has 1 fully saturated rings. The molecule has 2 unspecified atom stereocenters. The molecule has 0 spiro atoms. The predicted molar refractivity (Wildman–Crippen MR) is 78.7 cm³/mol. The molecule has 2 atom stereocenters. The van der Waals surface area contributed by atoms with E-state index in [0.717, 1.165) is 19.3 Å². The second-order valence-corrected chi connectivity index (χ2v) is 5.99. The van der Waals surface area contributed by atoms with Crippen molar-refractivity contribution >= 4 is 11.9 Å². The van der Waals surface area contributed by atoms with E-state index in [2.05, 4.69) is 25.1 Å². The number of likely N-dealkylation sites (tertiary alicyclic amines) is 1. The average Bonchev–Trinajstić information content (AvgIpc) is 2.87. The summed E-state index contributed by atoms with van der Waals surface area (Å²) in [5.74, 6) is -0.217. The summed E-state index contributed by atoms with van der Waals surface area (Å²) in [5, 5.41) is 0. The molecule has 3 rings (SSSR count). The molecule has 0 saturated carbocycles. The number of aryl methyl sites for hydroxylation is 2. The van der Waals surface area contributed by atoms with Gasteiger partial charge >= 0.3 is 5.97 Å². The minimum atomic E-state index is -0.418. The van der Waals surface area contributed by atoms with E-state index in [1.165, 1.54) is 23.8 Å². The minimum absolute atomic E-state index is 0.0211. The number of carbonyl (C=O) groups excluding carboxylic acids is 2. The zero-order valence-electron chi connectivity index (χ0n) is 12.6. The lowest BCUT2D eigenvalue weighted by Gasteiger charge is -2.36. The maximum atomic E-state index is 12.3. The van der Waals surface area contributed by atoms with E-state index >= 15 is 0 Å². The van der Waals surface area contributed by atoms with E-state index in [4.69, 9.17) is 4.74 Å². The minimum Gasteiger partial charge on any atom is -0.467 e. The van der Waals surface area contributed by atoms with Crippen molar-refractivity contribution in [1.29, 1.82) is 0 Å².